The van der Waals surface area contributed by atoms with Crippen molar-refractivity contribution in [1.29, 1.82) is 0 Å². The number of hydrogen-bond donors (Lipinski definition) is 2. The van der Waals surface area contributed by atoms with E-state index < -0.39 is 0 Å². The first-order chi connectivity index (χ1) is 12.6. The minimum absolute atomic E-state index is 0.0384. The van der Waals surface area contributed by atoms with Gasteiger partial charge in [-0.3, -0.25) is 9.59 Å². The molecule has 0 aliphatic heterocycles. The molecule has 0 bridgehead atoms. The van der Waals surface area contributed by atoms with Crippen LogP contribution in [0.2, 0.25) is 5.02 Å². The van der Waals surface area contributed by atoms with E-state index in [1.807, 2.05) is 30.5 Å². The molecular formula is C20H20ClN3O2. The minimum atomic E-state index is -0.185. The molecule has 0 aliphatic carbocycles. The lowest BCUT2D eigenvalue weighted by Gasteiger charge is -2.08. The van der Waals surface area contributed by atoms with Crippen LogP contribution in [0.1, 0.15) is 16.8 Å². The van der Waals surface area contributed by atoms with E-state index in [0.29, 0.717) is 36.6 Å². The smallest absolute Gasteiger partial charge is 0.251 e. The fourth-order valence-corrected chi connectivity index (χ4v) is 2.85. The highest BCUT2D eigenvalue weighted by Gasteiger charge is 2.06. The predicted octanol–water partition coefficient (Wildman–Crippen LogP) is 3.23. The fourth-order valence-electron chi connectivity index (χ4n) is 2.73. The monoisotopic (exact) mass is 369 g/mol. The van der Waals surface area contributed by atoms with Crippen molar-refractivity contribution in [1.82, 2.24) is 15.2 Å². The molecule has 2 N–H and O–H groups in total. The van der Waals surface area contributed by atoms with E-state index >= 15 is 0 Å². The molecule has 0 unspecified atom stereocenters. The highest BCUT2D eigenvalue weighted by Crippen LogP contribution is 2.15. The van der Waals surface area contributed by atoms with Crippen molar-refractivity contribution in [3.8, 4) is 0 Å². The molecule has 0 spiro atoms. The summed E-state index contributed by atoms with van der Waals surface area (Å²) in [5.74, 6) is -0.224. The van der Waals surface area contributed by atoms with Crippen molar-refractivity contribution in [2.75, 3.05) is 13.1 Å². The molecule has 3 aromatic rings. The quantitative estimate of drug-likeness (QED) is 0.628. The zero-order valence-corrected chi connectivity index (χ0v) is 15.0. The number of halogens is 1. The van der Waals surface area contributed by atoms with E-state index in [-0.39, 0.29) is 11.8 Å². The van der Waals surface area contributed by atoms with Gasteiger partial charge in [-0.25, -0.2) is 0 Å². The second-order valence-corrected chi connectivity index (χ2v) is 6.37. The van der Waals surface area contributed by atoms with Crippen LogP contribution in [-0.4, -0.2) is 29.5 Å². The zero-order valence-electron chi connectivity index (χ0n) is 14.2. The lowest BCUT2D eigenvalue weighted by Crippen LogP contribution is -2.34. The van der Waals surface area contributed by atoms with Crippen LogP contribution in [0.4, 0.5) is 0 Å². The van der Waals surface area contributed by atoms with Gasteiger partial charge in [0.15, 0.2) is 0 Å². The highest BCUT2D eigenvalue weighted by molar-refractivity contribution is 6.30. The minimum Gasteiger partial charge on any atom is -0.354 e. The van der Waals surface area contributed by atoms with Crippen LogP contribution in [0.5, 0.6) is 0 Å². The van der Waals surface area contributed by atoms with E-state index in [1.54, 1.807) is 24.3 Å². The van der Waals surface area contributed by atoms with Gasteiger partial charge in [-0.05, 0) is 41.8 Å². The molecule has 5 nitrogen and oxygen atoms in total. The molecule has 134 valence electrons. The second kappa shape index (κ2) is 8.54. The number of aryl methyl sites for hydroxylation is 1. The molecule has 0 fully saturated rings. The number of amides is 2. The van der Waals surface area contributed by atoms with Gasteiger partial charge in [-0.15, -0.1) is 0 Å². The van der Waals surface area contributed by atoms with Gasteiger partial charge in [-0.2, -0.15) is 0 Å². The second-order valence-electron chi connectivity index (χ2n) is 5.93. The van der Waals surface area contributed by atoms with E-state index in [0.717, 1.165) is 10.9 Å². The zero-order chi connectivity index (χ0) is 18.4. The molecule has 1 aromatic heterocycles. The molecule has 2 aromatic carbocycles. The third-order valence-corrected chi connectivity index (χ3v) is 4.35. The number of rotatable bonds is 7. The largest absolute Gasteiger partial charge is 0.354 e. The van der Waals surface area contributed by atoms with Gasteiger partial charge in [0.2, 0.25) is 5.91 Å². The molecule has 1 heterocycles. The first-order valence-electron chi connectivity index (χ1n) is 8.48. The van der Waals surface area contributed by atoms with Crippen LogP contribution in [0.15, 0.2) is 60.8 Å². The maximum absolute atomic E-state index is 12.0. The van der Waals surface area contributed by atoms with Gasteiger partial charge in [0.25, 0.3) is 5.91 Å². The van der Waals surface area contributed by atoms with Crippen LogP contribution in [0, 0.1) is 0 Å². The van der Waals surface area contributed by atoms with E-state index in [4.69, 9.17) is 11.6 Å². The van der Waals surface area contributed by atoms with Gasteiger partial charge in [0.1, 0.15) is 0 Å². The third-order valence-electron chi connectivity index (χ3n) is 4.10. The van der Waals surface area contributed by atoms with Crippen molar-refractivity contribution >= 4 is 34.3 Å². The molecule has 6 heteroatoms. The molecule has 26 heavy (non-hydrogen) atoms. The van der Waals surface area contributed by atoms with E-state index in [2.05, 4.69) is 21.3 Å². The SMILES string of the molecule is O=C(CCn1ccc2ccccc21)NCCNC(=O)c1ccc(Cl)cc1. The van der Waals surface area contributed by atoms with Crippen molar-refractivity contribution in [2.45, 2.75) is 13.0 Å². The number of aromatic nitrogens is 1. The van der Waals surface area contributed by atoms with Crippen LogP contribution in [0.3, 0.4) is 0 Å². The molecule has 0 atom stereocenters. The number of nitrogens with zero attached hydrogens (tertiary/aromatic N) is 1. The third kappa shape index (κ3) is 4.64. The summed E-state index contributed by atoms with van der Waals surface area (Å²) in [6.45, 7) is 1.39. The first kappa shape index (κ1) is 18.0. The Kier molecular flexibility index (Phi) is 5.92. The molecule has 0 saturated carbocycles. The Morgan fingerprint density at radius 2 is 1.65 bits per heavy atom. The van der Waals surface area contributed by atoms with Crippen molar-refractivity contribution in [2.24, 2.45) is 0 Å². The number of nitrogens with one attached hydrogen (secondary N) is 2. The normalized spacial score (nSPS) is 10.7. The summed E-state index contributed by atoms with van der Waals surface area (Å²) in [5, 5.41) is 7.34. The van der Waals surface area contributed by atoms with Gasteiger partial charge in [0, 0.05) is 48.4 Å². The number of carbonyl (C=O) groups is 2. The number of benzene rings is 2. The highest BCUT2D eigenvalue weighted by atomic mass is 35.5. The Balaban J connectivity index is 1.38. The van der Waals surface area contributed by atoms with Gasteiger partial charge < -0.3 is 15.2 Å². The summed E-state index contributed by atoms with van der Waals surface area (Å²) in [4.78, 5) is 23.9. The van der Waals surface area contributed by atoms with E-state index in [9.17, 15) is 9.59 Å². The van der Waals surface area contributed by atoms with E-state index in [1.165, 1.54) is 0 Å². The van der Waals surface area contributed by atoms with Crippen LogP contribution in [-0.2, 0) is 11.3 Å². The molecular weight excluding hydrogens is 350 g/mol. The lowest BCUT2D eigenvalue weighted by molar-refractivity contribution is -0.121. The Hall–Kier alpha value is -2.79. The summed E-state index contributed by atoms with van der Waals surface area (Å²) in [5.41, 5.74) is 1.66. The lowest BCUT2D eigenvalue weighted by atomic mass is 10.2. The molecule has 3 rings (SSSR count). The Labute approximate surface area is 157 Å². The summed E-state index contributed by atoms with van der Waals surface area (Å²) in [7, 11) is 0. The van der Waals surface area contributed by atoms with Crippen LogP contribution in [0.25, 0.3) is 10.9 Å². The fraction of sp³-hybridized carbons (Fsp3) is 0.200. The summed E-state index contributed by atoms with van der Waals surface area (Å²) < 4.78 is 2.07. The topological polar surface area (TPSA) is 63.1 Å². The Morgan fingerprint density at radius 1 is 0.923 bits per heavy atom. The summed E-state index contributed by atoms with van der Waals surface area (Å²) in [6.07, 6.45) is 2.38. The number of para-hydroxylation sites is 1. The molecule has 0 radical (unpaired) electrons. The molecule has 0 aliphatic rings. The van der Waals surface area contributed by atoms with Crippen molar-refractivity contribution in [3.05, 3.63) is 71.4 Å². The van der Waals surface area contributed by atoms with Crippen molar-refractivity contribution in [3.63, 3.8) is 0 Å². The number of hydrogen-bond acceptors (Lipinski definition) is 2. The average molecular weight is 370 g/mol. The Bertz CT molecular complexity index is 903. The average Bonchev–Trinajstić information content (AvgIpc) is 3.07. The number of fused-ring (bicyclic) bond motifs is 1. The first-order valence-corrected chi connectivity index (χ1v) is 8.85. The summed E-state index contributed by atoms with van der Waals surface area (Å²) in [6, 6.07) is 16.8. The molecule has 2 amide bonds. The Morgan fingerprint density at radius 3 is 2.46 bits per heavy atom. The summed E-state index contributed by atoms with van der Waals surface area (Å²) >= 11 is 5.80. The predicted molar refractivity (Wildman–Crippen MR) is 103 cm³/mol. The van der Waals surface area contributed by atoms with Gasteiger partial charge >= 0.3 is 0 Å². The standard InChI is InChI=1S/C20H20ClN3O2/c21-17-7-5-16(6-8-17)20(26)23-12-11-22-19(25)10-14-24-13-9-15-3-1-2-4-18(15)24/h1-9,13H,10-12,14H2,(H,22,25)(H,23,26). The van der Waals surface area contributed by atoms with Crippen LogP contribution < -0.4 is 10.6 Å². The molecule has 0 saturated heterocycles. The maximum atomic E-state index is 12.0. The van der Waals surface area contributed by atoms with Crippen molar-refractivity contribution < 1.29 is 9.59 Å². The van der Waals surface area contributed by atoms with Gasteiger partial charge in [-0.1, -0.05) is 29.8 Å². The number of carbonyl (C=O) groups excluding carboxylic acids is 2. The van der Waals surface area contributed by atoms with Gasteiger partial charge in [0.05, 0.1) is 0 Å². The maximum Gasteiger partial charge on any atom is 0.251 e. The van der Waals surface area contributed by atoms with Crippen LogP contribution >= 0.6 is 11.6 Å².